The molecule has 2 aliphatic heterocycles. The summed E-state index contributed by atoms with van der Waals surface area (Å²) < 4.78 is 103. The fourth-order valence-corrected chi connectivity index (χ4v) is 9.00. The summed E-state index contributed by atoms with van der Waals surface area (Å²) in [5.74, 6) is -4.57. The second-order valence-electron chi connectivity index (χ2n) is 16.3. The molecule has 0 spiro atoms. The molecule has 1 aromatic heterocycles. The van der Waals surface area contributed by atoms with Gasteiger partial charge in [-0.05, 0) is 78.9 Å². The second-order valence-corrected chi connectivity index (χ2v) is 18.5. The number of allylic oxidation sites excluding steroid dienone is 1. The minimum absolute atomic E-state index is 0.0144. The zero-order valence-corrected chi connectivity index (χ0v) is 33.6. The largest absolute Gasteiger partial charge is 0.496 e. The summed E-state index contributed by atoms with van der Waals surface area (Å²) >= 11 is 0. The van der Waals surface area contributed by atoms with Crippen molar-refractivity contribution in [2.24, 2.45) is 5.92 Å². The van der Waals surface area contributed by atoms with Gasteiger partial charge in [-0.3, -0.25) is 24.0 Å². The van der Waals surface area contributed by atoms with Crippen molar-refractivity contribution < 1.29 is 64.5 Å². The lowest BCUT2D eigenvalue weighted by atomic mass is 9.96. The molecule has 15 nitrogen and oxygen atoms in total. The maximum atomic E-state index is 14.9. The molecule has 1 saturated heterocycles. The van der Waals surface area contributed by atoms with Gasteiger partial charge in [0.1, 0.15) is 40.8 Å². The first-order valence-electron chi connectivity index (χ1n) is 18.9. The SMILES string of the molecule is COc1cc(F)cc2c(O[C@@H]3C[C@H]4C(=O)N[C@]5(C(=O)NS(=O)(=O)C6(C)CC6)C[C@H]5/C=C\CC[C@@H](C)O[C@@H](C)[C@H](N(C(=O)O)C(C)(C)C(F)(F)F)C(=O)N4C3)nccc12. The standard InChI is InChI=1S/C38H47F4N5O10S/c1-20-9-7-8-10-22-18-37(22,33(50)45-58(53,54)36(5)12-13-36)44-30(48)27-17-24(57-31-26-15-23(39)16-28(55-6)25(26)11-14-43-31)19-46(27)32(49)29(21(2)56-20)47(34(51)52)35(3,4)38(40,41)42/h8,10-11,14-16,20-22,24,27,29H,7,9,12-13,17-19H2,1-6H3,(H,44,48)(H,45,50)(H,51,52)/b10-8-/t20-,21+,22-,24-,27+,29+,37-/m1/s1. The molecule has 2 aromatic rings. The van der Waals surface area contributed by atoms with Gasteiger partial charge in [0.15, 0.2) is 0 Å². The van der Waals surface area contributed by atoms with Crippen LogP contribution in [0, 0.1) is 11.7 Å². The van der Waals surface area contributed by atoms with Gasteiger partial charge in [0.2, 0.25) is 27.7 Å². The highest BCUT2D eigenvalue weighted by Gasteiger charge is 2.64. The van der Waals surface area contributed by atoms with Crippen LogP contribution in [0.4, 0.5) is 22.4 Å². The van der Waals surface area contributed by atoms with Crippen molar-refractivity contribution in [1.82, 2.24) is 24.8 Å². The van der Waals surface area contributed by atoms with Gasteiger partial charge in [0.05, 0.1) is 36.0 Å². The molecule has 318 valence electrons. The number of pyridine rings is 1. The predicted molar refractivity (Wildman–Crippen MR) is 199 cm³/mol. The van der Waals surface area contributed by atoms with Crippen molar-refractivity contribution in [2.75, 3.05) is 13.7 Å². The molecule has 0 bridgehead atoms. The Morgan fingerprint density at radius 1 is 1.16 bits per heavy atom. The Balaban J connectivity index is 1.43. The third-order valence-corrected chi connectivity index (χ3v) is 13.9. The van der Waals surface area contributed by atoms with E-state index in [2.05, 4.69) is 15.0 Å². The number of nitrogens with one attached hydrogen (secondary N) is 2. The molecule has 20 heteroatoms. The second kappa shape index (κ2) is 15.1. The Labute approximate surface area is 332 Å². The van der Waals surface area contributed by atoms with Crippen molar-refractivity contribution in [1.29, 1.82) is 0 Å². The fraction of sp³-hybridized carbons (Fsp3) is 0.605. The number of benzene rings is 1. The van der Waals surface area contributed by atoms with E-state index < -0.39 is 105 Å². The number of amides is 4. The number of sulfonamides is 1. The maximum absolute atomic E-state index is 14.9. The van der Waals surface area contributed by atoms with E-state index in [0.29, 0.717) is 38.5 Å². The highest BCUT2D eigenvalue weighted by Crippen LogP contribution is 2.48. The van der Waals surface area contributed by atoms with Crippen molar-refractivity contribution in [3.8, 4) is 11.6 Å². The molecule has 4 amide bonds. The lowest BCUT2D eigenvalue weighted by Gasteiger charge is -2.45. The van der Waals surface area contributed by atoms with Crippen molar-refractivity contribution in [2.45, 2.75) is 126 Å². The first-order valence-corrected chi connectivity index (χ1v) is 20.3. The number of carboxylic acid groups (broad SMARTS) is 1. The van der Waals surface area contributed by atoms with E-state index in [1.165, 1.54) is 27.2 Å². The number of hydrogen-bond donors (Lipinski definition) is 3. The molecule has 58 heavy (non-hydrogen) atoms. The van der Waals surface area contributed by atoms with Crippen LogP contribution in [0.5, 0.6) is 11.6 Å². The number of alkyl halides is 3. The Bertz CT molecular complexity index is 2130. The van der Waals surface area contributed by atoms with Crippen molar-refractivity contribution >= 4 is 44.6 Å². The van der Waals surface area contributed by atoms with Crippen LogP contribution in [0.15, 0.2) is 36.5 Å². The zero-order valence-electron chi connectivity index (χ0n) is 32.8. The van der Waals surface area contributed by atoms with E-state index in [9.17, 15) is 50.3 Å². The number of ether oxygens (including phenoxy) is 3. The maximum Gasteiger partial charge on any atom is 0.411 e. The molecule has 0 unspecified atom stereocenters. The normalized spacial score (nSPS) is 29.5. The molecule has 1 aromatic carbocycles. The molecule has 3 N–H and O–H groups in total. The van der Waals surface area contributed by atoms with Gasteiger partial charge in [-0.2, -0.15) is 13.2 Å². The summed E-state index contributed by atoms with van der Waals surface area (Å²) in [7, 11) is -2.83. The summed E-state index contributed by atoms with van der Waals surface area (Å²) in [4.78, 5) is 61.2. The summed E-state index contributed by atoms with van der Waals surface area (Å²) in [5, 5.41) is 13.6. The molecule has 3 fully saturated rings. The van der Waals surface area contributed by atoms with Gasteiger partial charge < -0.3 is 29.5 Å². The quantitative estimate of drug-likeness (QED) is 0.252. The van der Waals surface area contributed by atoms with E-state index >= 15 is 0 Å². The number of carbonyl (C=O) groups excluding carboxylic acids is 3. The average Bonchev–Trinajstić information content (AvgIpc) is 4.01. The van der Waals surface area contributed by atoms with Crippen LogP contribution in [0.2, 0.25) is 0 Å². The van der Waals surface area contributed by atoms with Crippen LogP contribution in [0.1, 0.15) is 73.1 Å². The number of halogens is 4. The number of nitrogens with zero attached hydrogens (tertiary/aromatic N) is 3. The fourth-order valence-electron chi connectivity index (χ4n) is 7.69. The highest BCUT2D eigenvalue weighted by molar-refractivity contribution is 7.91. The molecule has 3 heterocycles. The highest BCUT2D eigenvalue weighted by atomic mass is 32.2. The first-order chi connectivity index (χ1) is 27.0. The van der Waals surface area contributed by atoms with Crippen LogP contribution in [-0.4, -0.2) is 118 Å². The van der Waals surface area contributed by atoms with Gasteiger partial charge in [0.25, 0.3) is 5.91 Å². The van der Waals surface area contributed by atoms with Crippen LogP contribution in [-0.2, 0) is 29.1 Å². The molecule has 7 atom stereocenters. The molecule has 4 aliphatic rings. The van der Waals surface area contributed by atoms with Gasteiger partial charge in [0, 0.05) is 30.0 Å². The molecule has 0 radical (unpaired) electrons. The predicted octanol–water partition coefficient (Wildman–Crippen LogP) is 4.44. The Kier molecular flexibility index (Phi) is 11.2. The van der Waals surface area contributed by atoms with E-state index in [1.54, 1.807) is 25.1 Å². The Morgan fingerprint density at radius 3 is 2.47 bits per heavy atom. The van der Waals surface area contributed by atoms with Crippen LogP contribution < -0.4 is 19.5 Å². The summed E-state index contributed by atoms with van der Waals surface area (Å²) in [6.45, 7) is 5.07. The summed E-state index contributed by atoms with van der Waals surface area (Å²) in [6.07, 6.45) is -5.08. The lowest BCUT2D eigenvalue weighted by Crippen LogP contribution is -2.67. The number of hydrogen-bond acceptors (Lipinski definition) is 10. The van der Waals surface area contributed by atoms with E-state index in [1.807, 2.05) is 0 Å². The number of fused-ring (bicyclic) bond motifs is 3. The van der Waals surface area contributed by atoms with Crippen LogP contribution in [0.3, 0.4) is 0 Å². The van der Waals surface area contributed by atoms with Gasteiger partial charge in [-0.15, -0.1) is 0 Å². The van der Waals surface area contributed by atoms with E-state index in [4.69, 9.17) is 14.2 Å². The zero-order chi connectivity index (χ0) is 42.7. The third-order valence-electron chi connectivity index (χ3n) is 11.7. The summed E-state index contributed by atoms with van der Waals surface area (Å²) in [6, 6.07) is 0.0425. The smallest absolute Gasteiger partial charge is 0.411 e. The molecule has 2 aliphatic carbocycles. The topological polar surface area (TPSA) is 194 Å². The third kappa shape index (κ3) is 7.88. The first kappa shape index (κ1) is 42.9. The number of rotatable bonds is 8. The number of methoxy groups -OCH3 is 1. The van der Waals surface area contributed by atoms with E-state index in [0.717, 1.165) is 17.0 Å². The number of aromatic nitrogens is 1. The minimum Gasteiger partial charge on any atom is -0.496 e. The van der Waals surface area contributed by atoms with Crippen molar-refractivity contribution in [3.63, 3.8) is 0 Å². The van der Waals surface area contributed by atoms with Crippen LogP contribution in [0.25, 0.3) is 10.8 Å². The molecular weight excluding hydrogens is 795 g/mol. The molecule has 6 rings (SSSR count). The monoisotopic (exact) mass is 841 g/mol. The van der Waals surface area contributed by atoms with Crippen LogP contribution >= 0.6 is 0 Å². The van der Waals surface area contributed by atoms with E-state index in [-0.39, 0.29) is 41.2 Å². The van der Waals surface area contributed by atoms with Gasteiger partial charge in [-0.1, -0.05) is 12.2 Å². The summed E-state index contributed by atoms with van der Waals surface area (Å²) in [5.41, 5.74) is -4.94. The number of carbonyl (C=O) groups is 4. The molecular formula is C38H47F4N5O10S. The Morgan fingerprint density at radius 2 is 1.84 bits per heavy atom. The van der Waals surface area contributed by atoms with Gasteiger partial charge >= 0.3 is 12.3 Å². The lowest BCUT2D eigenvalue weighted by molar-refractivity contribution is -0.225. The molecule has 2 saturated carbocycles. The Hall–Kier alpha value is -4.72. The minimum atomic E-state index is -5.18. The average molecular weight is 842 g/mol. The van der Waals surface area contributed by atoms with Gasteiger partial charge in [-0.25, -0.2) is 22.6 Å². The van der Waals surface area contributed by atoms with Crippen molar-refractivity contribution in [3.05, 3.63) is 42.4 Å².